The minimum absolute atomic E-state index is 0.128. The molecule has 0 aliphatic carbocycles. The average Bonchev–Trinajstić information content (AvgIpc) is 2.64. The molecule has 0 saturated heterocycles. The zero-order valence-corrected chi connectivity index (χ0v) is 15.6. The van der Waals surface area contributed by atoms with Gasteiger partial charge in [-0.1, -0.05) is 42.0 Å². The number of nitrogens with one attached hydrogen (secondary N) is 2. The van der Waals surface area contributed by atoms with Crippen molar-refractivity contribution in [1.29, 1.82) is 0 Å². The molecule has 7 heteroatoms. The van der Waals surface area contributed by atoms with Gasteiger partial charge in [0.1, 0.15) is 4.90 Å². The van der Waals surface area contributed by atoms with Crippen LogP contribution in [0.15, 0.2) is 65.6 Å². The minimum atomic E-state index is -4.30. The van der Waals surface area contributed by atoms with E-state index in [1.165, 1.54) is 6.07 Å². The second-order valence-corrected chi connectivity index (χ2v) is 7.57. The number of carbonyl (C=O) groups excluding carboxylic acids is 1. The topological polar surface area (TPSA) is 95.5 Å². The van der Waals surface area contributed by atoms with Crippen LogP contribution in [0.4, 0.5) is 5.69 Å². The van der Waals surface area contributed by atoms with E-state index in [4.69, 9.17) is 0 Å². The van der Waals surface area contributed by atoms with Gasteiger partial charge in [-0.25, -0.2) is 0 Å². The Morgan fingerprint density at radius 1 is 0.926 bits per heavy atom. The minimum Gasteiger partial charge on any atom is -0.383 e. The molecule has 0 saturated carbocycles. The van der Waals surface area contributed by atoms with Crippen molar-refractivity contribution in [3.8, 4) is 0 Å². The van der Waals surface area contributed by atoms with Crippen LogP contribution in [-0.2, 0) is 10.1 Å². The molecular formula is C20H20N2O4S. The molecule has 27 heavy (non-hydrogen) atoms. The molecule has 0 aliphatic rings. The van der Waals surface area contributed by atoms with Crippen molar-refractivity contribution in [2.24, 2.45) is 0 Å². The van der Waals surface area contributed by atoms with Gasteiger partial charge in [-0.2, -0.15) is 8.42 Å². The van der Waals surface area contributed by atoms with E-state index in [-0.39, 0.29) is 10.8 Å². The lowest BCUT2D eigenvalue weighted by atomic mass is 10.1. The lowest BCUT2D eigenvalue weighted by Crippen LogP contribution is -2.28. The van der Waals surface area contributed by atoms with Crippen molar-refractivity contribution in [1.82, 2.24) is 5.32 Å². The van der Waals surface area contributed by atoms with Crippen molar-refractivity contribution < 1.29 is 17.8 Å². The summed E-state index contributed by atoms with van der Waals surface area (Å²) in [5.74, 6) is -0.150. The molecule has 3 aromatic carbocycles. The van der Waals surface area contributed by atoms with Gasteiger partial charge in [-0.05, 0) is 31.2 Å². The molecule has 0 bridgehead atoms. The quantitative estimate of drug-likeness (QED) is 0.448. The van der Waals surface area contributed by atoms with Crippen LogP contribution in [0.5, 0.6) is 0 Å². The highest BCUT2D eigenvalue weighted by atomic mass is 32.2. The van der Waals surface area contributed by atoms with Gasteiger partial charge in [-0.15, -0.1) is 0 Å². The summed E-state index contributed by atoms with van der Waals surface area (Å²) in [7, 11) is -4.30. The predicted octanol–water partition coefficient (Wildman–Crippen LogP) is 3.24. The first-order valence-electron chi connectivity index (χ1n) is 8.44. The number of anilines is 1. The number of rotatable bonds is 6. The van der Waals surface area contributed by atoms with Crippen molar-refractivity contribution in [3.05, 3.63) is 71.8 Å². The molecule has 0 heterocycles. The highest BCUT2D eigenvalue weighted by Crippen LogP contribution is 2.28. The molecular weight excluding hydrogens is 364 g/mol. The van der Waals surface area contributed by atoms with Gasteiger partial charge in [0.25, 0.3) is 16.0 Å². The molecule has 0 aliphatic heterocycles. The van der Waals surface area contributed by atoms with Gasteiger partial charge in [0.05, 0.1) is 0 Å². The number of aryl methyl sites for hydroxylation is 1. The van der Waals surface area contributed by atoms with E-state index in [2.05, 4.69) is 10.6 Å². The van der Waals surface area contributed by atoms with Crippen molar-refractivity contribution in [3.63, 3.8) is 0 Å². The van der Waals surface area contributed by atoms with Gasteiger partial charge < -0.3 is 10.6 Å². The standard InChI is InChI=1S/C20H20N2O4S/c1-14-8-10-15(11-9-14)20(23)22-13-12-21-18-6-2-5-17-16(18)4-3-7-19(17)27(24,25)26/h2-11,21H,12-13H2,1H3,(H,22,23)(H,24,25,26). The Labute approximate surface area is 158 Å². The molecule has 0 fully saturated rings. The summed E-state index contributed by atoms with van der Waals surface area (Å²) in [5.41, 5.74) is 2.42. The smallest absolute Gasteiger partial charge is 0.295 e. The fourth-order valence-corrected chi connectivity index (χ4v) is 3.55. The molecule has 140 valence electrons. The normalized spacial score (nSPS) is 11.3. The maximum Gasteiger partial charge on any atom is 0.295 e. The van der Waals surface area contributed by atoms with Crippen LogP contribution in [0.25, 0.3) is 10.8 Å². The fourth-order valence-electron chi connectivity index (χ4n) is 2.84. The third-order valence-electron chi connectivity index (χ3n) is 4.20. The number of fused-ring (bicyclic) bond motifs is 1. The Morgan fingerprint density at radius 2 is 1.59 bits per heavy atom. The zero-order chi connectivity index (χ0) is 19.4. The summed E-state index contributed by atoms with van der Waals surface area (Å²) in [6.45, 7) is 2.83. The Hall–Kier alpha value is -2.90. The predicted molar refractivity (Wildman–Crippen MR) is 106 cm³/mol. The summed E-state index contributed by atoms with van der Waals surface area (Å²) < 4.78 is 32.5. The highest BCUT2D eigenvalue weighted by molar-refractivity contribution is 7.86. The van der Waals surface area contributed by atoms with Crippen LogP contribution in [-0.4, -0.2) is 32.0 Å². The molecule has 0 atom stereocenters. The second kappa shape index (κ2) is 7.77. The van der Waals surface area contributed by atoms with Crippen molar-refractivity contribution >= 4 is 32.5 Å². The first-order valence-corrected chi connectivity index (χ1v) is 9.88. The average molecular weight is 384 g/mol. The van der Waals surface area contributed by atoms with E-state index >= 15 is 0 Å². The summed E-state index contributed by atoms with van der Waals surface area (Å²) in [6.07, 6.45) is 0. The van der Waals surface area contributed by atoms with Crippen LogP contribution in [0.2, 0.25) is 0 Å². The van der Waals surface area contributed by atoms with E-state index in [1.807, 2.05) is 25.1 Å². The lowest BCUT2D eigenvalue weighted by Gasteiger charge is -2.12. The second-order valence-electron chi connectivity index (χ2n) is 6.18. The number of amides is 1. The number of benzene rings is 3. The molecule has 3 aromatic rings. The molecule has 6 nitrogen and oxygen atoms in total. The molecule has 3 rings (SSSR count). The number of hydrogen-bond donors (Lipinski definition) is 3. The number of carbonyl (C=O) groups is 1. The third-order valence-corrected chi connectivity index (χ3v) is 5.11. The molecule has 1 amide bonds. The van der Waals surface area contributed by atoms with Crippen LogP contribution in [0.1, 0.15) is 15.9 Å². The van der Waals surface area contributed by atoms with E-state index in [9.17, 15) is 17.8 Å². The third kappa shape index (κ3) is 4.45. The van der Waals surface area contributed by atoms with Gasteiger partial charge >= 0.3 is 0 Å². The Kier molecular flexibility index (Phi) is 5.43. The van der Waals surface area contributed by atoms with Gasteiger partial charge in [0.15, 0.2) is 0 Å². The Bertz CT molecular complexity index is 1080. The van der Waals surface area contributed by atoms with Crippen LogP contribution >= 0.6 is 0 Å². The molecule has 0 aromatic heterocycles. The zero-order valence-electron chi connectivity index (χ0n) is 14.8. The molecule has 3 N–H and O–H groups in total. The first-order chi connectivity index (χ1) is 12.9. The van der Waals surface area contributed by atoms with Gasteiger partial charge in [0.2, 0.25) is 0 Å². The van der Waals surface area contributed by atoms with E-state index in [0.717, 1.165) is 11.3 Å². The summed E-state index contributed by atoms with van der Waals surface area (Å²) >= 11 is 0. The SMILES string of the molecule is Cc1ccc(C(=O)NCCNc2cccc3c(S(=O)(=O)O)cccc23)cc1. The van der Waals surface area contributed by atoms with Crippen molar-refractivity contribution in [2.45, 2.75) is 11.8 Å². The van der Waals surface area contributed by atoms with Gasteiger partial charge in [0, 0.05) is 35.1 Å². The number of hydrogen-bond acceptors (Lipinski definition) is 4. The maximum absolute atomic E-state index is 12.1. The molecule has 0 unspecified atom stereocenters. The maximum atomic E-state index is 12.1. The summed E-state index contributed by atoms with van der Waals surface area (Å²) in [5, 5.41) is 7.14. The van der Waals surface area contributed by atoms with Crippen molar-refractivity contribution in [2.75, 3.05) is 18.4 Å². The van der Waals surface area contributed by atoms with Crippen LogP contribution in [0, 0.1) is 6.92 Å². The molecule has 0 radical (unpaired) electrons. The van der Waals surface area contributed by atoms with E-state index in [0.29, 0.717) is 29.4 Å². The molecule has 0 spiro atoms. The monoisotopic (exact) mass is 384 g/mol. The summed E-state index contributed by atoms with van der Waals surface area (Å²) in [6, 6.07) is 17.2. The first kappa shape index (κ1) is 18.9. The van der Waals surface area contributed by atoms with E-state index < -0.39 is 10.1 Å². The van der Waals surface area contributed by atoms with Gasteiger partial charge in [-0.3, -0.25) is 9.35 Å². The highest BCUT2D eigenvalue weighted by Gasteiger charge is 2.14. The fraction of sp³-hybridized carbons (Fsp3) is 0.150. The van der Waals surface area contributed by atoms with E-state index in [1.54, 1.807) is 36.4 Å². The lowest BCUT2D eigenvalue weighted by molar-refractivity contribution is 0.0955. The van der Waals surface area contributed by atoms with Crippen LogP contribution < -0.4 is 10.6 Å². The largest absolute Gasteiger partial charge is 0.383 e. The van der Waals surface area contributed by atoms with Crippen LogP contribution in [0.3, 0.4) is 0 Å². The Balaban J connectivity index is 1.67. The Morgan fingerprint density at radius 3 is 2.30 bits per heavy atom. The summed E-state index contributed by atoms with van der Waals surface area (Å²) in [4.78, 5) is 12.0.